The van der Waals surface area contributed by atoms with Gasteiger partial charge in [-0.25, -0.2) is 24.9 Å². The molecule has 1 spiro atoms. The predicted molar refractivity (Wildman–Crippen MR) is 281 cm³/mol. The van der Waals surface area contributed by atoms with E-state index in [-0.39, 0.29) is 0 Å². The average molecular weight is 908 g/mol. The first-order valence-electron chi connectivity index (χ1n) is 23.8. The fourth-order valence-electron chi connectivity index (χ4n) is 11.2. The van der Waals surface area contributed by atoms with Gasteiger partial charge >= 0.3 is 0 Å². The first kappa shape index (κ1) is 39.4. The van der Waals surface area contributed by atoms with Gasteiger partial charge in [-0.3, -0.25) is 0 Å². The van der Waals surface area contributed by atoms with Crippen molar-refractivity contribution in [2.75, 3.05) is 0 Å². The highest BCUT2D eigenvalue weighted by atomic mass is 16.4. The van der Waals surface area contributed by atoms with Crippen molar-refractivity contribution in [2.45, 2.75) is 5.41 Å². The molecule has 10 aromatic carbocycles. The van der Waals surface area contributed by atoms with E-state index in [0.717, 1.165) is 50.0 Å². The zero-order valence-electron chi connectivity index (χ0n) is 37.9. The van der Waals surface area contributed by atoms with Gasteiger partial charge in [0.25, 0.3) is 0 Å². The Bertz CT molecular complexity index is 4110. The van der Waals surface area contributed by atoms with Gasteiger partial charge in [-0.15, -0.1) is 0 Å². The van der Waals surface area contributed by atoms with Crippen molar-refractivity contribution in [3.05, 3.63) is 247 Å². The molecule has 0 fully saturated rings. The van der Waals surface area contributed by atoms with E-state index in [4.69, 9.17) is 33.8 Å². The molecule has 7 heteroatoms. The van der Waals surface area contributed by atoms with Crippen LogP contribution in [0.4, 0.5) is 0 Å². The van der Waals surface area contributed by atoms with Gasteiger partial charge in [0, 0.05) is 27.8 Å². The fraction of sp³-hybridized carbons (Fsp3) is 0.0156. The Labute approximate surface area is 407 Å². The number of nitrogens with zero attached hydrogens (tertiary/aromatic N) is 5. The van der Waals surface area contributed by atoms with E-state index in [2.05, 4.69) is 158 Å². The summed E-state index contributed by atoms with van der Waals surface area (Å²) in [4.78, 5) is 26.0. The van der Waals surface area contributed by atoms with Crippen molar-refractivity contribution >= 4 is 33.0 Å². The lowest BCUT2D eigenvalue weighted by Gasteiger charge is -2.30. The summed E-state index contributed by atoms with van der Waals surface area (Å²) in [6.07, 6.45) is 0. The third-order valence-corrected chi connectivity index (χ3v) is 14.4. The third kappa shape index (κ3) is 6.06. The topological polar surface area (TPSA) is 90.7 Å². The lowest BCUT2D eigenvalue weighted by Crippen LogP contribution is -2.25. The molecule has 0 atom stereocenters. The number of fused-ring (bicyclic) bond motifs is 13. The Morgan fingerprint density at radius 3 is 1.31 bits per heavy atom. The van der Waals surface area contributed by atoms with Crippen LogP contribution in [0.3, 0.4) is 0 Å². The Morgan fingerprint density at radius 1 is 0.268 bits per heavy atom. The van der Waals surface area contributed by atoms with E-state index in [9.17, 15) is 0 Å². The van der Waals surface area contributed by atoms with Crippen LogP contribution < -0.4 is 0 Å². The third-order valence-electron chi connectivity index (χ3n) is 14.4. The number of aromatic nitrogens is 5. The molecule has 2 aliphatic rings. The molecule has 13 aromatic rings. The van der Waals surface area contributed by atoms with E-state index < -0.39 is 5.41 Å². The summed E-state index contributed by atoms with van der Waals surface area (Å²) in [5, 5.41) is 2.37. The van der Waals surface area contributed by atoms with E-state index in [1.54, 1.807) is 0 Å². The molecule has 330 valence electrons. The van der Waals surface area contributed by atoms with Crippen LogP contribution in [0.1, 0.15) is 22.3 Å². The second-order valence-electron chi connectivity index (χ2n) is 18.4. The number of para-hydroxylation sites is 4. The van der Waals surface area contributed by atoms with Crippen molar-refractivity contribution in [2.24, 2.45) is 0 Å². The van der Waals surface area contributed by atoms with Crippen molar-refractivity contribution in [3.8, 4) is 90.5 Å². The number of benzene rings is 10. The van der Waals surface area contributed by atoms with Crippen LogP contribution in [0.15, 0.2) is 233 Å². The number of oxazole rings is 2. The lowest BCUT2D eigenvalue weighted by molar-refractivity contribution is 0.617. The van der Waals surface area contributed by atoms with Crippen LogP contribution in [-0.2, 0) is 5.41 Å². The molecule has 71 heavy (non-hydrogen) atoms. The van der Waals surface area contributed by atoms with Crippen molar-refractivity contribution in [1.82, 2.24) is 24.9 Å². The summed E-state index contributed by atoms with van der Waals surface area (Å²) in [6, 6.07) is 78.5. The molecule has 0 radical (unpaired) electrons. The van der Waals surface area contributed by atoms with Gasteiger partial charge in [0.1, 0.15) is 11.0 Å². The van der Waals surface area contributed by atoms with Crippen molar-refractivity contribution in [1.29, 1.82) is 0 Å². The summed E-state index contributed by atoms with van der Waals surface area (Å²) in [5.74, 6) is 2.49. The van der Waals surface area contributed by atoms with Crippen molar-refractivity contribution in [3.63, 3.8) is 0 Å². The quantitative estimate of drug-likeness (QED) is 0.164. The van der Waals surface area contributed by atoms with E-state index in [1.807, 2.05) is 66.7 Å². The summed E-state index contributed by atoms with van der Waals surface area (Å²) >= 11 is 0. The van der Waals surface area contributed by atoms with E-state index in [0.29, 0.717) is 40.4 Å². The first-order chi connectivity index (χ1) is 35.1. The standard InChI is InChI=1S/C64H37N5O2/c1-2-15-39-32-41(29-28-38(39)14-1)40-16-13-17-42(33-40)59-67-60(43-30-31-50-49-20-5-8-23-53(49)64(54(50)37-43)51-21-6-3-18-47(51)48-19-4-7-22-52(48)64)69-61(68-59)44-34-45(62-65-55-24-9-11-26-57(55)70-62)36-46(35-44)63-66-56-25-10-12-27-58(56)71-63/h1-37H. The van der Waals surface area contributed by atoms with Crippen LogP contribution >= 0.6 is 0 Å². The summed E-state index contributed by atoms with van der Waals surface area (Å²) < 4.78 is 12.8. The van der Waals surface area contributed by atoms with Gasteiger partial charge in [-0.05, 0) is 127 Å². The minimum Gasteiger partial charge on any atom is -0.436 e. The molecule has 0 N–H and O–H groups in total. The SMILES string of the molecule is c1cc(-c2ccc3ccccc3c2)cc(-c2nc(-c3cc(-c4nc5ccccc5o4)cc(-c4nc5ccccc5o4)c3)nc(-c3ccc4c(c3)C3(c5ccccc5-c5ccccc53)c3ccccc3-4)n2)c1. The lowest BCUT2D eigenvalue weighted by atomic mass is 9.70. The van der Waals surface area contributed by atoms with Gasteiger partial charge in [0.2, 0.25) is 11.8 Å². The molecule has 3 aromatic heterocycles. The Balaban J connectivity index is 0.963. The number of hydrogen-bond donors (Lipinski definition) is 0. The maximum Gasteiger partial charge on any atom is 0.227 e. The van der Waals surface area contributed by atoms with Crippen LogP contribution in [0.25, 0.3) is 123 Å². The molecule has 2 aliphatic carbocycles. The second kappa shape index (κ2) is 15.2. The highest BCUT2D eigenvalue weighted by Crippen LogP contribution is 2.63. The summed E-state index contributed by atoms with van der Waals surface area (Å²) in [5.41, 5.74) is 18.4. The van der Waals surface area contributed by atoms with Crippen LogP contribution in [0.5, 0.6) is 0 Å². The molecule has 3 heterocycles. The van der Waals surface area contributed by atoms with E-state index >= 15 is 0 Å². The Morgan fingerprint density at radius 2 is 0.704 bits per heavy atom. The maximum atomic E-state index is 6.41. The average Bonchev–Trinajstić information content (AvgIpc) is 4.23. The zero-order chi connectivity index (χ0) is 46.6. The maximum absolute atomic E-state index is 6.41. The Kier molecular flexibility index (Phi) is 8.44. The van der Waals surface area contributed by atoms with Gasteiger partial charge in [0.05, 0.1) is 5.41 Å². The van der Waals surface area contributed by atoms with Crippen LogP contribution in [-0.4, -0.2) is 24.9 Å². The summed E-state index contributed by atoms with van der Waals surface area (Å²) in [6.45, 7) is 0. The van der Waals surface area contributed by atoms with E-state index in [1.165, 1.54) is 55.3 Å². The Hall–Kier alpha value is -9.59. The smallest absolute Gasteiger partial charge is 0.227 e. The molecule has 0 saturated heterocycles. The normalized spacial score (nSPS) is 12.9. The zero-order valence-corrected chi connectivity index (χ0v) is 37.9. The van der Waals surface area contributed by atoms with Gasteiger partial charge in [-0.2, -0.15) is 0 Å². The highest BCUT2D eigenvalue weighted by Gasteiger charge is 2.51. The van der Waals surface area contributed by atoms with Gasteiger partial charge < -0.3 is 8.83 Å². The molecule has 15 rings (SSSR count). The monoisotopic (exact) mass is 907 g/mol. The summed E-state index contributed by atoms with van der Waals surface area (Å²) in [7, 11) is 0. The molecule has 7 nitrogen and oxygen atoms in total. The second-order valence-corrected chi connectivity index (χ2v) is 18.4. The van der Waals surface area contributed by atoms with Gasteiger partial charge in [-0.1, -0.05) is 164 Å². The van der Waals surface area contributed by atoms with Crippen LogP contribution in [0, 0.1) is 0 Å². The molecule has 0 saturated carbocycles. The highest BCUT2D eigenvalue weighted by molar-refractivity contribution is 5.96. The number of rotatable bonds is 6. The predicted octanol–water partition coefficient (Wildman–Crippen LogP) is 15.7. The minimum absolute atomic E-state index is 0.462. The molecular formula is C64H37N5O2. The minimum atomic E-state index is -0.537. The molecule has 0 amide bonds. The fourth-order valence-corrected chi connectivity index (χ4v) is 11.2. The van der Waals surface area contributed by atoms with Crippen LogP contribution in [0.2, 0.25) is 0 Å². The molecule has 0 aliphatic heterocycles. The van der Waals surface area contributed by atoms with Crippen molar-refractivity contribution < 1.29 is 8.83 Å². The first-order valence-corrected chi connectivity index (χ1v) is 23.8. The largest absolute Gasteiger partial charge is 0.436 e. The molecule has 0 bridgehead atoms. The number of hydrogen-bond acceptors (Lipinski definition) is 7. The molecular weight excluding hydrogens is 871 g/mol. The molecule has 0 unspecified atom stereocenters. The van der Waals surface area contributed by atoms with Gasteiger partial charge in [0.15, 0.2) is 28.6 Å².